The van der Waals surface area contributed by atoms with Crippen LogP contribution >= 0.6 is 0 Å². The van der Waals surface area contributed by atoms with E-state index < -0.39 is 15.1 Å². The van der Waals surface area contributed by atoms with Crippen molar-refractivity contribution in [1.82, 2.24) is 4.90 Å². The molecule has 2 aliphatic rings. The second kappa shape index (κ2) is 8.91. The lowest BCUT2D eigenvalue weighted by molar-refractivity contribution is 0.0597. The van der Waals surface area contributed by atoms with Gasteiger partial charge in [0.15, 0.2) is 21.3 Å². The zero-order valence-electron chi connectivity index (χ0n) is 18.0. The molecule has 1 amide bonds. The van der Waals surface area contributed by atoms with Crippen LogP contribution < -0.4 is 9.47 Å². The van der Waals surface area contributed by atoms with Crippen molar-refractivity contribution in [2.75, 3.05) is 13.2 Å². The van der Waals surface area contributed by atoms with Crippen LogP contribution in [-0.4, -0.2) is 49.8 Å². The molecule has 7 heteroatoms. The van der Waals surface area contributed by atoms with Crippen LogP contribution in [0, 0.1) is 0 Å². The average molecular weight is 444 g/mol. The third-order valence-corrected chi connectivity index (χ3v) is 8.42. The van der Waals surface area contributed by atoms with Gasteiger partial charge in [0.25, 0.3) is 5.91 Å². The molecule has 31 heavy (non-hydrogen) atoms. The summed E-state index contributed by atoms with van der Waals surface area (Å²) in [5, 5.41) is -0.448. The molecule has 2 heterocycles. The van der Waals surface area contributed by atoms with Crippen LogP contribution in [0.3, 0.4) is 0 Å². The first kappa shape index (κ1) is 21.7. The molecule has 0 aliphatic carbocycles. The normalized spacial score (nSPS) is 22.9. The number of carbonyl (C=O) groups excluding carboxylic acids is 1. The second-order valence-corrected chi connectivity index (χ2v) is 10.3. The van der Waals surface area contributed by atoms with E-state index in [1.807, 2.05) is 24.8 Å². The van der Waals surface area contributed by atoms with Crippen molar-refractivity contribution < 1.29 is 22.7 Å². The van der Waals surface area contributed by atoms with Crippen molar-refractivity contribution in [1.29, 1.82) is 0 Å². The summed E-state index contributed by atoms with van der Waals surface area (Å²) < 4.78 is 37.5. The summed E-state index contributed by atoms with van der Waals surface area (Å²) in [6.45, 7) is 4.79. The minimum atomic E-state index is -3.40. The molecule has 0 spiro atoms. The Labute approximate surface area is 184 Å². The fourth-order valence-electron chi connectivity index (χ4n) is 4.85. The highest BCUT2D eigenvalue weighted by Gasteiger charge is 2.47. The Hall–Kier alpha value is -2.54. The highest BCUT2D eigenvalue weighted by atomic mass is 32.2. The van der Waals surface area contributed by atoms with Crippen LogP contribution in [0.15, 0.2) is 53.4 Å². The summed E-state index contributed by atoms with van der Waals surface area (Å²) in [7, 11) is -3.40. The number of rotatable bonds is 7. The van der Waals surface area contributed by atoms with E-state index in [0.29, 0.717) is 48.0 Å². The molecule has 2 bridgehead atoms. The Morgan fingerprint density at radius 1 is 0.935 bits per heavy atom. The minimum absolute atomic E-state index is 0.0585. The predicted octanol–water partition coefficient (Wildman–Crippen LogP) is 4.09. The molecule has 2 aromatic carbocycles. The van der Waals surface area contributed by atoms with Crippen LogP contribution in [0.4, 0.5) is 0 Å². The number of sulfone groups is 1. The Morgan fingerprint density at radius 3 is 2.16 bits per heavy atom. The van der Waals surface area contributed by atoms with Gasteiger partial charge >= 0.3 is 0 Å². The van der Waals surface area contributed by atoms with Crippen molar-refractivity contribution in [2.24, 2.45) is 0 Å². The molecule has 166 valence electrons. The summed E-state index contributed by atoms with van der Waals surface area (Å²) in [5.74, 6) is 1.12. The lowest BCUT2D eigenvalue weighted by Crippen LogP contribution is -2.49. The number of ether oxygens (including phenoxy) is 2. The first-order valence-corrected chi connectivity index (χ1v) is 12.5. The van der Waals surface area contributed by atoms with Crippen molar-refractivity contribution in [2.45, 2.75) is 61.8 Å². The number of amides is 1. The maximum Gasteiger partial charge on any atom is 0.254 e. The molecule has 0 radical (unpaired) electrons. The van der Waals surface area contributed by atoms with Gasteiger partial charge in [0.2, 0.25) is 0 Å². The maximum atomic E-state index is 13.4. The summed E-state index contributed by atoms with van der Waals surface area (Å²) in [4.78, 5) is 15.7. The Bertz CT molecular complexity index is 1020. The topological polar surface area (TPSA) is 72.9 Å². The highest BCUT2D eigenvalue weighted by Crippen LogP contribution is 2.41. The fourth-order valence-corrected chi connectivity index (χ4v) is 6.72. The molecule has 6 nitrogen and oxygen atoms in total. The molecular formula is C24H29NO5S. The molecule has 0 saturated carbocycles. The second-order valence-electron chi connectivity index (χ2n) is 8.08. The lowest BCUT2D eigenvalue weighted by atomic mass is 10.0. The largest absolute Gasteiger partial charge is 0.490 e. The van der Waals surface area contributed by atoms with Crippen LogP contribution in [0.2, 0.25) is 0 Å². The van der Waals surface area contributed by atoms with Gasteiger partial charge in [0, 0.05) is 17.6 Å². The van der Waals surface area contributed by atoms with Gasteiger partial charge in [-0.2, -0.15) is 0 Å². The Balaban J connectivity index is 1.55. The van der Waals surface area contributed by atoms with Crippen LogP contribution in [0.25, 0.3) is 0 Å². The zero-order chi connectivity index (χ0) is 22.0. The van der Waals surface area contributed by atoms with Gasteiger partial charge in [-0.15, -0.1) is 0 Å². The molecule has 2 aliphatic heterocycles. The van der Waals surface area contributed by atoms with Gasteiger partial charge in [-0.25, -0.2) is 8.42 Å². The van der Waals surface area contributed by atoms with E-state index in [2.05, 4.69) is 0 Å². The summed E-state index contributed by atoms with van der Waals surface area (Å²) in [6.07, 6.45) is 2.64. The third-order valence-electron chi connectivity index (χ3n) is 6.23. The van der Waals surface area contributed by atoms with Gasteiger partial charge in [0.1, 0.15) is 0 Å². The highest BCUT2D eigenvalue weighted by molar-refractivity contribution is 7.92. The smallest absolute Gasteiger partial charge is 0.254 e. The van der Waals surface area contributed by atoms with Crippen LogP contribution in [-0.2, 0) is 9.84 Å². The molecule has 0 aromatic heterocycles. The number of nitrogens with zero attached hydrogens (tertiary/aromatic N) is 1. The first-order valence-electron chi connectivity index (χ1n) is 11.0. The fraction of sp³-hybridized carbons (Fsp3) is 0.458. The van der Waals surface area contributed by atoms with E-state index in [4.69, 9.17) is 9.47 Å². The van der Waals surface area contributed by atoms with Crippen molar-refractivity contribution in [3.8, 4) is 11.5 Å². The van der Waals surface area contributed by atoms with Gasteiger partial charge in [-0.1, -0.05) is 18.2 Å². The van der Waals surface area contributed by atoms with Crippen molar-refractivity contribution in [3.05, 3.63) is 54.1 Å². The lowest BCUT2D eigenvalue weighted by Gasteiger charge is -2.38. The van der Waals surface area contributed by atoms with Gasteiger partial charge in [-0.05, 0) is 69.9 Å². The van der Waals surface area contributed by atoms with Crippen LogP contribution in [0.5, 0.6) is 11.5 Å². The van der Waals surface area contributed by atoms with E-state index in [1.54, 1.807) is 42.5 Å². The van der Waals surface area contributed by atoms with Gasteiger partial charge < -0.3 is 14.4 Å². The molecule has 2 atom stereocenters. The number of piperidine rings is 1. The van der Waals surface area contributed by atoms with E-state index in [1.165, 1.54) is 0 Å². The van der Waals surface area contributed by atoms with Crippen molar-refractivity contribution in [3.63, 3.8) is 0 Å². The molecule has 2 aromatic rings. The number of hydrogen-bond donors (Lipinski definition) is 0. The summed E-state index contributed by atoms with van der Waals surface area (Å²) in [5.41, 5.74) is 0.549. The maximum absolute atomic E-state index is 13.4. The molecule has 0 N–H and O–H groups in total. The van der Waals surface area contributed by atoms with E-state index in [-0.39, 0.29) is 18.0 Å². The van der Waals surface area contributed by atoms with E-state index in [0.717, 1.165) is 12.8 Å². The number of benzene rings is 2. The monoisotopic (exact) mass is 443 g/mol. The molecule has 2 unspecified atom stereocenters. The SMILES string of the molecule is CCOc1ccc(C(=O)N2C3CCC2CC(S(=O)(=O)c2ccccc2)C3)cc1OCC. The summed E-state index contributed by atoms with van der Waals surface area (Å²) >= 11 is 0. The van der Waals surface area contributed by atoms with E-state index >= 15 is 0 Å². The zero-order valence-corrected chi connectivity index (χ0v) is 18.8. The van der Waals surface area contributed by atoms with Crippen molar-refractivity contribution >= 4 is 15.7 Å². The Morgan fingerprint density at radius 2 is 1.55 bits per heavy atom. The number of carbonyl (C=O) groups is 1. The molecule has 2 fully saturated rings. The van der Waals surface area contributed by atoms with E-state index in [9.17, 15) is 13.2 Å². The molecular weight excluding hydrogens is 414 g/mol. The predicted molar refractivity (Wildman–Crippen MR) is 118 cm³/mol. The standard InChI is InChI=1S/C24H29NO5S/c1-3-29-22-13-10-17(14-23(22)30-4-2)24(26)25-18-11-12-19(25)16-21(15-18)31(27,28)20-8-6-5-7-9-20/h5-10,13-14,18-19,21H,3-4,11-12,15-16H2,1-2H3. The quantitative estimate of drug-likeness (QED) is 0.644. The number of fused-ring (bicyclic) bond motifs is 2. The first-order chi connectivity index (χ1) is 15.0. The number of hydrogen-bond acceptors (Lipinski definition) is 5. The Kier molecular flexibility index (Phi) is 6.23. The minimum Gasteiger partial charge on any atom is -0.490 e. The molecule has 2 saturated heterocycles. The van der Waals surface area contributed by atoms with Crippen LogP contribution in [0.1, 0.15) is 49.9 Å². The summed E-state index contributed by atoms with van der Waals surface area (Å²) in [6, 6.07) is 13.8. The average Bonchev–Trinajstić information content (AvgIpc) is 3.04. The third kappa shape index (κ3) is 4.15. The van der Waals surface area contributed by atoms with Gasteiger partial charge in [-0.3, -0.25) is 4.79 Å². The van der Waals surface area contributed by atoms with Gasteiger partial charge in [0.05, 0.1) is 23.4 Å². The molecule has 4 rings (SSSR count).